The molecule has 2 aliphatic heterocycles. The Kier molecular flexibility index (Phi) is 2.36. The van der Waals surface area contributed by atoms with Crippen LogP contribution in [0.2, 0.25) is 0 Å². The molecule has 1 atom stereocenters. The van der Waals surface area contributed by atoms with Gasteiger partial charge in [-0.3, -0.25) is 9.78 Å². The minimum Gasteiger partial charge on any atom is -0.330 e. The zero-order valence-corrected chi connectivity index (χ0v) is 9.15. The summed E-state index contributed by atoms with van der Waals surface area (Å²) in [5.41, 5.74) is 1.90. The number of carbonyl (C=O) groups is 1. The largest absolute Gasteiger partial charge is 0.330 e. The second kappa shape index (κ2) is 3.87. The average Bonchev–Trinajstić information content (AvgIpc) is 2.69. The third-order valence-electron chi connectivity index (χ3n) is 3.45. The number of hydrogen-bond donors (Lipinski definition) is 1. The van der Waals surface area contributed by atoms with E-state index in [2.05, 4.69) is 10.3 Å². The summed E-state index contributed by atoms with van der Waals surface area (Å²) >= 11 is 0. The number of rotatable bonds is 1. The molecule has 4 heteroatoms. The van der Waals surface area contributed by atoms with Crippen molar-refractivity contribution in [1.29, 1.82) is 0 Å². The minimum absolute atomic E-state index is 0.150. The first-order chi connectivity index (χ1) is 7.86. The van der Waals surface area contributed by atoms with Crippen LogP contribution in [0, 0.1) is 0 Å². The molecule has 1 aromatic heterocycles. The molecule has 0 aromatic carbocycles. The molecule has 84 valence electrons. The number of fused-ring (bicyclic) bond motifs is 1. The van der Waals surface area contributed by atoms with Crippen molar-refractivity contribution in [1.82, 2.24) is 15.2 Å². The van der Waals surface area contributed by atoms with Gasteiger partial charge in [-0.15, -0.1) is 0 Å². The number of amides is 1. The van der Waals surface area contributed by atoms with Crippen LogP contribution in [-0.2, 0) is 6.54 Å². The van der Waals surface area contributed by atoms with Crippen LogP contribution in [-0.4, -0.2) is 34.9 Å². The van der Waals surface area contributed by atoms with E-state index in [0.29, 0.717) is 6.04 Å². The van der Waals surface area contributed by atoms with Crippen molar-refractivity contribution < 1.29 is 4.79 Å². The summed E-state index contributed by atoms with van der Waals surface area (Å²) in [4.78, 5) is 18.2. The van der Waals surface area contributed by atoms with Gasteiger partial charge in [0.05, 0.1) is 5.56 Å². The van der Waals surface area contributed by atoms with Gasteiger partial charge in [0.25, 0.3) is 5.91 Å². The van der Waals surface area contributed by atoms with E-state index in [1.807, 2.05) is 11.0 Å². The van der Waals surface area contributed by atoms with E-state index < -0.39 is 0 Å². The number of nitrogens with zero attached hydrogens (tertiary/aromatic N) is 2. The Bertz CT molecular complexity index is 412. The number of nitrogens with one attached hydrogen (secondary N) is 1. The van der Waals surface area contributed by atoms with Crippen LogP contribution < -0.4 is 5.32 Å². The standard InChI is InChI=1S/C12H15N3O/c16-12-11-7-14-5-3-9(11)8-15(12)10-2-1-4-13-6-10/h3,5,7,10,13H,1-2,4,6,8H2. The van der Waals surface area contributed by atoms with Crippen molar-refractivity contribution in [2.45, 2.75) is 25.4 Å². The molecule has 16 heavy (non-hydrogen) atoms. The fourth-order valence-corrected chi connectivity index (χ4v) is 2.56. The van der Waals surface area contributed by atoms with E-state index in [-0.39, 0.29) is 5.91 Å². The maximum Gasteiger partial charge on any atom is 0.256 e. The first-order valence-electron chi connectivity index (χ1n) is 5.81. The molecular formula is C12H15N3O. The third kappa shape index (κ3) is 1.50. The molecule has 0 radical (unpaired) electrons. The molecule has 3 heterocycles. The molecule has 1 aromatic rings. The second-order valence-electron chi connectivity index (χ2n) is 4.47. The Labute approximate surface area is 94.7 Å². The van der Waals surface area contributed by atoms with E-state index in [1.165, 1.54) is 0 Å². The highest BCUT2D eigenvalue weighted by Crippen LogP contribution is 2.25. The highest BCUT2D eigenvalue weighted by molar-refractivity contribution is 5.98. The summed E-state index contributed by atoms with van der Waals surface area (Å²) in [6, 6.07) is 2.30. The normalized spacial score (nSPS) is 24.6. The van der Waals surface area contributed by atoms with Gasteiger partial charge in [-0.1, -0.05) is 0 Å². The minimum atomic E-state index is 0.150. The molecule has 0 aliphatic carbocycles. The zero-order valence-electron chi connectivity index (χ0n) is 9.15. The molecule has 1 unspecified atom stereocenters. The van der Waals surface area contributed by atoms with Crippen molar-refractivity contribution in [3.8, 4) is 0 Å². The van der Waals surface area contributed by atoms with Gasteiger partial charge in [0, 0.05) is 31.5 Å². The van der Waals surface area contributed by atoms with Crippen LogP contribution >= 0.6 is 0 Å². The molecule has 0 bridgehead atoms. The molecule has 1 fully saturated rings. The van der Waals surface area contributed by atoms with E-state index in [0.717, 1.165) is 43.6 Å². The number of pyridine rings is 1. The lowest BCUT2D eigenvalue weighted by Gasteiger charge is -2.31. The topological polar surface area (TPSA) is 45.2 Å². The first-order valence-corrected chi connectivity index (χ1v) is 5.81. The van der Waals surface area contributed by atoms with Gasteiger partial charge in [-0.2, -0.15) is 0 Å². The van der Waals surface area contributed by atoms with Crippen LogP contribution in [0.3, 0.4) is 0 Å². The highest BCUT2D eigenvalue weighted by Gasteiger charge is 2.33. The van der Waals surface area contributed by atoms with Gasteiger partial charge in [0.2, 0.25) is 0 Å². The van der Waals surface area contributed by atoms with Crippen molar-refractivity contribution in [3.05, 3.63) is 29.6 Å². The predicted molar refractivity (Wildman–Crippen MR) is 60.0 cm³/mol. The maximum absolute atomic E-state index is 12.2. The summed E-state index contributed by atoms with van der Waals surface area (Å²) in [5.74, 6) is 0.150. The smallest absolute Gasteiger partial charge is 0.256 e. The molecule has 1 amide bonds. The summed E-state index contributed by atoms with van der Waals surface area (Å²) in [5, 5.41) is 3.35. The predicted octanol–water partition coefficient (Wildman–Crippen LogP) is 0.789. The Hall–Kier alpha value is -1.42. The fraction of sp³-hybridized carbons (Fsp3) is 0.500. The van der Waals surface area contributed by atoms with Gasteiger partial charge in [0.1, 0.15) is 0 Å². The number of hydrogen-bond acceptors (Lipinski definition) is 3. The number of aromatic nitrogens is 1. The Morgan fingerprint density at radius 2 is 2.44 bits per heavy atom. The van der Waals surface area contributed by atoms with Gasteiger partial charge < -0.3 is 10.2 Å². The van der Waals surface area contributed by atoms with Crippen molar-refractivity contribution in [3.63, 3.8) is 0 Å². The Balaban J connectivity index is 1.83. The average molecular weight is 217 g/mol. The van der Waals surface area contributed by atoms with Gasteiger partial charge in [-0.25, -0.2) is 0 Å². The van der Waals surface area contributed by atoms with Crippen LogP contribution in [0.4, 0.5) is 0 Å². The summed E-state index contributed by atoms with van der Waals surface area (Å²) in [7, 11) is 0. The lowest BCUT2D eigenvalue weighted by molar-refractivity contribution is 0.0674. The number of carbonyl (C=O) groups excluding carboxylic acids is 1. The SMILES string of the molecule is O=C1c2cnccc2CN1C1CCCNC1. The number of piperidine rings is 1. The van der Waals surface area contributed by atoms with E-state index in [9.17, 15) is 4.79 Å². The molecule has 3 rings (SSSR count). The van der Waals surface area contributed by atoms with Crippen LogP contribution in [0.1, 0.15) is 28.8 Å². The zero-order chi connectivity index (χ0) is 11.0. The summed E-state index contributed by atoms with van der Waals surface area (Å²) in [6.07, 6.45) is 5.71. The van der Waals surface area contributed by atoms with Crippen LogP contribution in [0.5, 0.6) is 0 Å². The monoisotopic (exact) mass is 217 g/mol. The molecule has 4 nitrogen and oxygen atoms in total. The van der Waals surface area contributed by atoms with Gasteiger partial charge in [-0.05, 0) is 31.0 Å². The maximum atomic E-state index is 12.2. The van der Waals surface area contributed by atoms with Gasteiger partial charge in [0.15, 0.2) is 0 Å². The van der Waals surface area contributed by atoms with E-state index >= 15 is 0 Å². The fourth-order valence-electron chi connectivity index (χ4n) is 2.56. The van der Waals surface area contributed by atoms with E-state index in [1.54, 1.807) is 12.4 Å². The molecule has 1 saturated heterocycles. The lowest BCUT2D eigenvalue weighted by Crippen LogP contribution is -2.46. The van der Waals surface area contributed by atoms with Crippen molar-refractivity contribution >= 4 is 5.91 Å². The summed E-state index contributed by atoms with van der Waals surface area (Å²) < 4.78 is 0. The van der Waals surface area contributed by atoms with Crippen molar-refractivity contribution in [2.75, 3.05) is 13.1 Å². The Morgan fingerprint density at radius 3 is 3.19 bits per heavy atom. The molecule has 1 N–H and O–H groups in total. The quantitative estimate of drug-likeness (QED) is 0.756. The van der Waals surface area contributed by atoms with Crippen molar-refractivity contribution in [2.24, 2.45) is 0 Å². The van der Waals surface area contributed by atoms with E-state index in [4.69, 9.17) is 0 Å². The van der Waals surface area contributed by atoms with Crippen LogP contribution in [0.25, 0.3) is 0 Å². The van der Waals surface area contributed by atoms with Crippen LogP contribution in [0.15, 0.2) is 18.5 Å². The molecule has 2 aliphatic rings. The lowest BCUT2D eigenvalue weighted by atomic mass is 10.1. The van der Waals surface area contributed by atoms with Gasteiger partial charge >= 0.3 is 0 Å². The molecule has 0 spiro atoms. The Morgan fingerprint density at radius 1 is 1.50 bits per heavy atom. The molecular weight excluding hydrogens is 202 g/mol. The second-order valence-corrected chi connectivity index (χ2v) is 4.47. The summed E-state index contributed by atoms with van der Waals surface area (Å²) in [6.45, 7) is 2.75. The molecule has 0 saturated carbocycles. The third-order valence-corrected chi connectivity index (χ3v) is 3.45. The first kappa shape index (κ1) is 9.78. The highest BCUT2D eigenvalue weighted by atomic mass is 16.2.